The van der Waals surface area contributed by atoms with E-state index in [0.717, 1.165) is 0 Å². The van der Waals surface area contributed by atoms with E-state index in [1.807, 2.05) is 0 Å². The van der Waals surface area contributed by atoms with Gasteiger partial charge in [0.1, 0.15) is 0 Å². The van der Waals surface area contributed by atoms with E-state index in [4.69, 9.17) is 13.0 Å². The van der Waals surface area contributed by atoms with E-state index in [9.17, 15) is 13.2 Å². The highest BCUT2D eigenvalue weighted by Gasteiger charge is 2.36. The van der Waals surface area contributed by atoms with Crippen LogP contribution in [0.1, 0.15) is 16.4 Å². The van der Waals surface area contributed by atoms with E-state index in [-0.39, 0.29) is 0 Å². The zero-order valence-electron chi connectivity index (χ0n) is 14.5. The average molecular weight is 426 g/mol. The number of benzene rings is 3. The Kier molecular flexibility index (Phi) is 7.68. The Morgan fingerprint density at radius 2 is 1.04 bits per heavy atom. The van der Waals surface area contributed by atoms with Gasteiger partial charge in [0, 0.05) is 22.9 Å². The Bertz CT molecular complexity index is 907. The van der Waals surface area contributed by atoms with Gasteiger partial charge in [-0.2, -0.15) is 13.2 Å². The molecular weight excluding hydrogens is 409 g/mol. The first-order valence-corrected chi connectivity index (χ1v) is 10.4. The molecule has 148 valence electrons. The molecule has 0 aliphatic rings. The molecule has 8 heteroatoms. The lowest BCUT2D eigenvalue weighted by Crippen LogP contribution is -2.21. The van der Waals surface area contributed by atoms with Gasteiger partial charge in [0.25, 0.3) is 0 Å². The lowest BCUT2D eigenvalue weighted by Gasteiger charge is -2.10. The molecule has 0 radical (unpaired) electrons. The van der Waals surface area contributed by atoms with Crippen molar-refractivity contribution >= 4 is 21.9 Å². The monoisotopic (exact) mass is 426 g/mol. The van der Waals surface area contributed by atoms with Crippen LogP contribution in [0.2, 0.25) is 0 Å². The minimum atomic E-state index is -6.09. The van der Waals surface area contributed by atoms with Crippen LogP contribution >= 0.6 is 0 Å². The van der Waals surface area contributed by atoms with Crippen LogP contribution in [0.4, 0.5) is 13.2 Å². The molecule has 0 amide bonds. The summed E-state index contributed by atoms with van der Waals surface area (Å²) in [5.74, 6) is 0. The minimum Gasteiger partial charge on any atom is -0.741 e. The third-order valence-corrected chi connectivity index (χ3v) is 5.57. The first-order valence-electron chi connectivity index (χ1n) is 8.06. The van der Waals surface area contributed by atoms with Crippen molar-refractivity contribution in [3.05, 3.63) is 102 Å². The number of thiol groups is 1. The molecule has 0 aromatic heterocycles. The minimum absolute atomic E-state index is 0.389. The van der Waals surface area contributed by atoms with E-state index in [0.29, 0.717) is 5.25 Å². The maximum absolute atomic E-state index is 10.7. The second-order valence-electron chi connectivity index (χ2n) is 5.59. The molecule has 0 heterocycles. The first-order chi connectivity index (χ1) is 13.2. The summed E-state index contributed by atoms with van der Waals surface area (Å²) in [5, 5.41) is 0.389. The van der Waals surface area contributed by atoms with Crippen molar-refractivity contribution in [3.8, 4) is 0 Å². The molecular formula is C20H17F3O3S2. The quantitative estimate of drug-likeness (QED) is 0.263. The maximum atomic E-state index is 10.7. The molecule has 0 spiro atoms. The van der Waals surface area contributed by atoms with Gasteiger partial charge in [0.2, 0.25) is 0 Å². The van der Waals surface area contributed by atoms with Gasteiger partial charge in [-0.1, -0.05) is 78.9 Å². The molecule has 3 aromatic carbocycles. The van der Waals surface area contributed by atoms with Crippen molar-refractivity contribution in [2.75, 3.05) is 0 Å². The van der Waals surface area contributed by atoms with Crippen LogP contribution in [0.5, 0.6) is 0 Å². The van der Waals surface area contributed by atoms with Gasteiger partial charge in [-0.15, -0.1) is 0 Å². The van der Waals surface area contributed by atoms with Crippen LogP contribution in [-0.2, 0) is 21.9 Å². The third kappa shape index (κ3) is 6.70. The fourth-order valence-electron chi connectivity index (χ4n) is 2.28. The van der Waals surface area contributed by atoms with Crippen LogP contribution < -0.4 is 0 Å². The van der Waals surface area contributed by atoms with E-state index >= 15 is 0 Å². The summed E-state index contributed by atoms with van der Waals surface area (Å²) in [4.78, 5) is 1.35. The lowest BCUT2D eigenvalue weighted by atomic mass is 10.0. The van der Waals surface area contributed by atoms with Crippen LogP contribution in [-0.4, -0.2) is 18.5 Å². The maximum Gasteiger partial charge on any atom is 0.485 e. The Labute approximate surface area is 166 Å². The van der Waals surface area contributed by atoms with Crippen molar-refractivity contribution in [2.45, 2.75) is 15.7 Å². The predicted octanol–water partition coefficient (Wildman–Crippen LogP) is 4.70. The normalized spacial score (nSPS) is 11.6. The topological polar surface area (TPSA) is 57.2 Å². The third-order valence-electron chi connectivity index (χ3n) is 3.55. The molecule has 28 heavy (non-hydrogen) atoms. The standard InChI is InChI=1S/C19H16S.CHF3O3S/c1-4-10-16(11-5-1)19(17-12-6-2-7-13-17)20-18-14-8-3-9-15-18;2-1(3,4)8(5,6)7/h1-15,19H;(H,5,6,7). The van der Waals surface area contributed by atoms with Crippen LogP contribution in [0.15, 0.2) is 95.9 Å². The van der Waals surface area contributed by atoms with Crippen LogP contribution in [0.3, 0.4) is 0 Å². The highest BCUT2D eigenvalue weighted by atomic mass is 32.2. The summed E-state index contributed by atoms with van der Waals surface area (Å²) < 4.78 is 58.9. The second kappa shape index (κ2) is 9.77. The fraction of sp³-hybridized carbons (Fsp3) is 0.100. The molecule has 0 unspecified atom stereocenters. The van der Waals surface area contributed by atoms with E-state index < -0.39 is 15.6 Å². The SMILES string of the molecule is O=S(=O)([O-])C(F)(F)F.c1ccc([SH+]C(c2ccccc2)c2ccccc2)cc1. The molecule has 0 atom stereocenters. The molecule has 3 aromatic rings. The molecule has 0 fully saturated rings. The van der Waals surface area contributed by atoms with E-state index in [1.165, 1.54) is 27.8 Å². The molecule has 0 saturated carbocycles. The molecule has 0 N–H and O–H groups in total. The van der Waals surface area contributed by atoms with Crippen molar-refractivity contribution < 1.29 is 26.1 Å². The zero-order valence-corrected chi connectivity index (χ0v) is 16.2. The summed E-state index contributed by atoms with van der Waals surface area (Å²) >= 11 is 1.32. The summed E-state index contributed by atoms with van der Waals surface area (Å²) in [5.41, 5.74) is -2.92. The predicted molar refractivity (Wildman–Crippen MR) is 104 cm³/mol. The van der Waals surface area contributed by atoms with Gasteiger partial charge < -0.3 is 4.55 Å². The molecule has 0 aliphatic carbocycles. The Morgan fingerprint density at radius 3 is 1.36 bits per heavy atom. The molecule has 0 bridgehead atoms. The summed E-state index contributed by atoms with van der Waals surface area (Å²) in [6, 6.07) is 32.2. The van der Waals surface area contributed by atoms with Crippen LogP contribution in [0, 0.1) is 0 Å². The molecule has 3 rings (SSSR count). The largest absolute Gasteiger partial charge is 0.741 e. The van der Waals surface area contributed by atoms with Crippen molar-refractivity contribution in [3.63, 3.8) is 0 Å². The highest BCUT2D eigenvalue weighted by molar-refractivity contribution is 7.86. The molecule has 0 aliphatic heterocycles. The number of hydrogen-bond donors (Lipinski definition) is 0. The fourth-order valence-corrected chi connectivity index (χ4v) is 3.56. The summed E-state index contributed by atoms with van der Waals surface area (Å²) in [6.07, 6.45) is 0. The van der Waals surface area contributed by atoms with Crippen molar-refractivity contribution in [1.29, 1.82) is 0 Å². The first kappa shape index (κ1) is 22.0. The van der Waals surface area contributed by atoms with Gasteiger partial charge in [0.05, 0.1) is 0 Å². The Morgan fingerprint density at radius 1 is 0.714 bits per heavy atom. The van der Waals surface area contributed by atoms with Gasteiger partial charge in [-0.3, -0.25) is 0 Å². The summed E-state index contributed by atoms with van der Waals surface area (Å²) in [6.45, 7) is 0. The van der Waals surface area contributed by atoms with E-state index in [1.54, 1.807) is 0 Å². The Balaban J connectivity index is 0.000000300. The highest BCUT2D eigenvalue weighted by Crippen LogP contribution is 2.29. The van der Waals surface area contributed by atoms with Crippen molar-refractivity contribution in [2.24, 2.45) is 0 Å². The zero-order chi connectivity index (χ0) is 20.6. The van der Waals surface area contributed by atoms with Gasteiger partial charge in [0.15, 0.2) is 20.3 Å². The second-order valence-corrected chi connectivity index (χ2v) is 8.25. The number of rotatable bonds is 4. The van der Waals surface area contributed by atoms with E-state index in [2.05, 4.69) is 91.0 Å². The summed E-state index contributed by atoms with van der Waals surface area (Å²) in [7, 11) is -6.09. The number of hydrogen-bond acceptors (Lipinski definition) is 3. The lowest BCUT2D eigenvalue weighted by molar-refractivity contribution is -0.0517. The average Bonchev–Trinajstić information content (AvgIpc) is 2.67. The van der Waals surface area contributed by atoms with Gasteiger partial charge in [-0.25, -0.2) is 8.42 Å². The Hall–Kier alpha value is -2.29. The number of alkyl halides is 3. The van der Waals surface area contributed by atoms with Crippen molar-refractivity contribution in [1.82, 2.24) is 0 Å². The van der Waals surface area contributed by atoms with Crippen LogP contribution in [0.25, 0.3) is 0 Å². The smallest absolute Gasteiger partial charge is 0.485 e. The van der Waals surface area contributed by atoms with Gasteiger partial charge in [-0.05, 0) is 12.1 Å². The van der Waals surface area contributed by atoms with Gasteiger partial charge >= 0.3 is 5.51 Å². The number of halogens is 3. The molecule has 3 nitrogen and oxygen atoms in total. The molecule has 0 saturated heterocycles.